The molecule has 0 N–H and O–H groups in total. The van der Waals surface area contributed by atoms with E-state index in [1.54, 1.807) is 0 Å². The van der Waals surface area contributed by atoms with Gasteiger partial charge >= 0.3 is 0 Å². The quantitative estimate of drug-likeness (QED) is 0.635. The summed E-state index contributed by atoms with van der Waals surface area (Å²) in [6.07, 6.45) is 3.87. The number of para-hydroxylation sites is 2. The Balaban J connectivity index is 1.98. The zero-order valence-electron chi connectivity index (χ0n) is 13.2. The summed E-state index contributed by atoms with van der Waals surface area (Å²) >= 11 is 0. The van der Waals surface area contributed by atoms with Crippen molar-refractivity contribution in [2.24, 2.45) is 5.92 Å². The largest absolute Gasteiger partial charge is 0.462 e. The van der Waals surface area contributed by atoms with Crippen LogP contribution in [0.1, 0.15) is 20.8 Å². The lowest BCUT2D eigenvalue weighted by Crippen LogP contribution is -2.03. The highest BCUT2D eigenvalue weighted by molar-refractivity contribution is 5.77. The van der Waals surface area contributed by atoms with Crippen molar-refractivity contribution >= 4 is 11.0 Å². The van der Waals surface area contributed by atoms with Crippen molar-refractivity contribution < 1.29 is 4.74 Å². The molecule has 0 amide bonds. The van der Waals surface area contributed by atoms with Crippen LogP contribution in [0.15, 0.2) is 66.7 Å². The summed E-state index contributed by atoms with van der Waals surface area (Å²) in [7, 11) is 0. The Hall–Kier alpha value is -2.55. The maximum absolute atomic E-state index is 6.00. The van der Waals surface area contributed by atoms with E-state index in [1.165, 1.54) is 0 Å². The fraction of sp³-hybridized carbons (Fsp3) is 0.211. The third-order valence-corrected chi connectivity index (χ3v) is 3.64. The number of imidazole rings is 1. The maximum Gasteiger partial charge on any atom is 0.129 e. The first-order chi connectivity index (χ1) is 10.7. The summed E-state index contributed by atoms with van der Waals surface area (Å²) in [6, 6.07) is 16.2. The summed E-state index contributed by atoms with van der Waals surface area (Å²) in [6.45, 7) is 6.26. The lowest BCUT2D eigenvalue weighted by molar-refractivity contribution is 0.367. The molecule has 1 aromatic heterocycles. The number of ether oxygens (including phenoxy) is 1. The van der Waals surface area contributed by atoms with Crippen molar-refractivity contribution in [3.05, 3.63) is 66.7 Å². The second-order valence-electron chi connectivity index (χ2n) is 5.55. The van der Waals surface area contributed by atoms with Crippen LogP contribution < -0.4 is 4.74 Å². The molecule has 0 aliphatic heterocycles. The van der Waals surface area contributed by atoms with Gasteiger partial charge in [0.2, 0.25) is 0 Å². The summed E-state index contributed by atoms with van der Waals surface area (Å²) in [4.78, 5) is 4.44. The molecule has 0 aliphatic rings. The summed E-state index contributed by atoms with van der Waals surface area (Å²) < 4.78 is 8.08. The van der Waals surface area contributed by atoms with Crippen LogP contribution in [0.4, 0.5) is 0 Å². The molecular formula is C19H20N2O. The van der Waals surface area contributed by atoms with Crippen molar-refractivity contribution in [2.45, 2.75) is 20.8 Å². The third kappa shape index (κ3) is 2.75. The first-order valence-electron chi connectivity index (χ1n) is 7.55. The number of allylic oxidation sites excluding steroid dienone is 2. The van der Waals surface area contributed by atoms with E-state index in [1.807, 2.05) is 55.7 Å². The van der Waals surface area contributed by atoms with Gasteiger partial charge in [-0.1, -0.05) is 32.0 Å². The van der Waals surface area contributed by atoms with Gasteiger partial charge in [0.25, 0.3) is 0 Å². The number of aromatic nitrogens is 2. The van der Waals surface area contributed by atoms with Crippen LogP contribution in [0.5, 0.6) is 5.75 Å². The zero-order valence-corrected chi connectivity index (χ0v) is 13.2. The highest BCUT2D eigenvalue weighted by Gasteiger charge is 2.08. The minimum atomic E-state index is 0.364. The van der Waals surface area contributed by atoms with Crippen LogP contribution in [0.2, 0.25) is 0 Å². The fourth-order valence-corrected chi connectivity index (χ4v) is 2.51. The second kappa shape index (κ2) is 6.06. The van der Waals surface area contributed by atoms with Crippen LogP contribution in [0.25, 0.3) is 16.7 Å². The molecule has 3 nitrogen and oxygen atoms in total. The first-order valence-corrected chi connectivity index (χ1v) is 7.55. The van der Waals surface area contributed by atoms with Crippen molar-refractivity contribution in [3.8, 4) is 11.4 Å². The van der Waals surface area contributed by atoms with E-state index in [0.29, 0.717) is 5.92 Å². The van der Waals surface area contributed by atoms with Gasteiger partial charge in [0.05, 0.1) is 16.7 Å². The molecule has 22 heavy (non-hydrogen) atoms. The van der Waals surface area contributed by atoms with Crippen LogP contribution in [0.3, 0.4) is 0 Å². The van der Waals surface area contributed by atoms with Gasteiger partial charge in [0, 0.05) is 12.0 Å². The molecule has 1 heterocycles. The monoisotopic (exact) mass is 292 g/mol. The Bertz CT molecular complexity index is 815. The Morgan fingerprint density at radius 1 is 1.14 bits per heavy atom. The molecule has 0 saturated heterocycles. The molecule has 0 spiro atoms. The Morgan fingerprint density at radius 2 is 1.95 bits per heavy atom. The first kappa shape index (κ1) is 14.4. The van der Waals surface area contributed by atoms with Crippen LogP contribution >= 0.6 is 0 Å². The number of benzene rings is 2. The van der Waals surface area contributed by atoms with Crippen LogP contribution in [0, 0.1) is 5.92 Å². The number of rotatable bonds is 4. The van der Waals surface area contributed by atoms with Gasteiger partial charge < -0.3 is 4.74 Å². The second-order valence-corrected chi connectivity index (χ2v) is 5.55. The molecule has 0 radical (unpaired) electrons. The maximum atomic E-state index is 6.00. The van der Waals surface area contributed by atoms with E-state index in [4.69, 9.17) is 4.74 Å². The predicted molar refractivity (Wildman–Crippen MR) is 90.3 cm³/mol. The van der Waals surface area contributed by atoms with E-state index < -0.39 is 0 Å². The van der Waals surface area contributed by atoms with Crippen molar-refractivity contribution in [3.63, 3.8) is 0 Å². The van der Waals surface area contributed by atoms with Crippen molar-refractivity contribution in [1.29, 1.82) is 0 Å². The number of nitrogens with zero attached hydrogens (tertiary/aromatic N) is 2. The molecule has 0 atom stereocenters. The van der Waals surface area contributed by atoms with Gasteiger partial charge in [-0.3, -0.25) is 4.57 Å². The molecule has 0 bridgehead atoms. The minimum Gasteiger partial charge on any atom is -0.462 e. The van der Waals surface area contributed by atoms with E-state index in [-0.39, 0.29) is 0 Å². The average molecular weight is 292 g/mol. The third-order valence-electron chi connectivity index (χ3n) is 3.64. The Labute approximate surface area is 130 Å². The molecule has 0 saturated carbocycles. The lowest BCUT2D eigenvalue weighted by atomic mass is 10.1. The van der Waals surface area contributed by atoms with Gasteiger partial charge in [0.15, 0.2) is 0 Å². The van der Waals surface area contributed by atoms with Crippen LogP contribution in [-0.2, 0) is 0 Å². The molecule has 0 fully saturated rings. The average Bonchev–Trinajstić information content (AvgIpc) is 2.96. The number of hydrogen-bond acceptors (Lipinski definition) is 2. The molecule has 2 aromatic carbocycles. The fourth-order valence-electron chi connectivity index (χ4n) is 2.51. The topological polar surface area (TPSA) is 27.1 Å². The predicted octanol–water partition coefficient (Wildman–Crippen LogP) is 4.96. The van der Waals surface area contributed by atoms with Gasteiger partial charge in [-0.15, -0.1) is 0 Å². The SMILES string of the molecule is C/C=C(\Oc1cccc(-n2cnc3ccccc32)c1)C(C)C. The molecule has 3 aromatic rings. The summed E-state index contributed by atoms with van der Waals surface area (Å²) in [5, 5.41) is 0. The Morgan fingerprint density at radius 3 is 2.73 bits per heavy atom. The van der Waals surface area contributed by atoms with Crippen molar-refractivity contribution in [2.75, 3.05) is 0 Å². The van der Waals surface area contributed by atoms with E-state index in [0.717, 1.165) is 28.2 Å². The molecular weight excluding hydrogens is 272 g/mol. The highest BCUT2D eigenvalue weighted by Crippen LogP contribution is 2.24. The van der Waals surface area contributed by atoms with Gasteiger partial charge in [0.1, 0.15) is 17.8 Å². The molecule has 112 valence electrons. The highest BCUT2D eigenvalue weighted by atomic mass is 16.5. The standard InChI is InChI=1S/C19H20N2O/c1-4-19(14(2)3)22-16-9-7-8-15(12-16)21-13-20-17-10-5-6-11-18(17)21/h4-14H,1-3H3/b19-4-. The van der Waals surface area contributed by atoms with E-state index in [2.05, 4.69) is 35.5 Å². The number of fused-ring (bicyclic) bond motifs is 1. The van der Waals surface area contributed by atoms with Crippen molar-refractivity contribution in [1.82, 2.24) is 9.55 Å². The molecule has 0 unspecified atom stereocenters. The van der Waals surface area contributed by atoms with Gasteiger partial charge in [-0.2, -0.15) is 0 Å². The molecule has 3 rings (SSSR count). The molecule has 0 aliphatic carbocycles. The smallest absolute Gasteiger partial charge is 0.129 e. The summed E-state index contributed by atoms with van der Waals surface area (Å²) in [5.74, 6) is 2.19. The Kier molecular flexibility index (Phi) is 3.96. The van der Waals surface area contributed by atoms with Gasteiger partial charge in [-0.25, -0.2) is 4.98 Å². The van der Waals surface area contributed by atoms with E-state index in [9.17, 15) is 0 Å². The van der Waals surface area contributed by atoms with Gasteiger partial charge in [-0.05, 0) is 37.3 Å². The van der Waals surface area contributed by atoms with Crippen LogP contribution in [-0.4, -0.2) is 9.55 Å². The zero-order chi connectivity index (χ0) is 15.5. The molecule has 3 heteroatoms. The normalized spacial score (nSPS) is 12.1. The lowest BCUT2D eigenvalue weighted by Gasteiger charge is -2.14. The minimum absolute atomic E-state index is 0.364. The summed E-state index contributed by atoms with van der Waals surface area (Å²) in [5.41, 5.74) is 3.13. The van der Waals surface area contributed by atoms with E-state index >= 15 is 0 Å². The number of hydrogen-bond donors (Lipinski definition) is 0.